The summed E-state index contributed by atoms with van der Waals surface area (Å²) in [5.41, 5.74) is 3.13. The zero-order valence-electron chi connectivity index (χ0n) is 14.6. The highest BCUT2D eigenvalue weighted by Gasteiger charge is 2.27. The van der Waals surface area contributed by atoms with E-state index in [0.717, 1.165) is 48.4 Å². The SMILES string of the molecule is Cc1cc(C)c(OC2CCNCC2)c(CN2C(=O)CCCC2=O)c1. The van der Waals surface area contributed by atoms with E-state index in [1.54, 1.807) is 0 Å². The summed E-state index contributed by atoms with van der Waals surface area (Å²) in [4.78, 5) is 25.7. The van der Waals surface area contributed by atoms with Gasteiger partial charge in [-0.15, -0.1) is 0 Å². The molecule has 5 heteroatoms. The second-order valence-corrected chi connectivity index (χ2v) is 6.86. The van der Waals surface area contributed by atoms with Crippen molar-refractivity contribution in [3.8, 4) is 5.75 Å². The first-order valence-electron chi connectivity index (χ1n) is 8.85. The van der Waals surface area contributed by atoms with Gasteiger partial charge in [0.05, 0.1) is 6.54 Å². The Labute approximate surface area is 143 Å². The summed E-state index contributed by atoms with van der Waals surface area (Å²) in [6.07, 6.45) is 3.74. The molecule has 0 aromatic heterocycles. The zero-order valence-corrected chi connectivity index (χ0v) is 14.6. The molecule has 1 N–H and O–H groups in total. The molecule has 0 radical (unpaired) electrons. The summed E-state index contributed by atoms with van der Waals surface area (Å²) < 4.78 is 6.29. The van der Waals surface area contributed by atoms with E-state index < -0.39 is 0 Å². The molecule has 2 saturated heterocycles. The number of carbonyl (C=O) groups excluding carboxylic acids is 2. The lowest BCUT2D eigenvalue weighted by molar-refractivity contribution is -0.148. The molecule has 2 aliphatic rings. The Morgan fingerprint density at radius 1 is 1.12 bits per heavy atom. The van der Waals surface area contributed by atoms with Gasteiger partial charge < -0.3 is 10.1 Å². The summed E-state index contributed by atoms with van der Waals surface area (Å²) in [5.74, 6) is 0.704. The fourth-order valence-corrected chi connectivity index (χ4v) is 3.55. The van der Waals surface area contributed by atoms with Gasteiger partial charge in [-0.1, -0.05) is 17.7 Å². The lowest BCUT2D eigenvalue weighted by Gasteiger charge is -2.29. The van der Waals surface area contributed by atoms with Crippen LogP contribution in [0.4, 0.5) is 0 Å². The van der Waals surface area contributed by atoms with E-state index in [-0.39, 0.29) is 17.9 Å². The van der Waals surface area contributed by atoms with E-state index in [9.17, 15) is 9.59 Å². The molecule has 0 aliphatic carbocycles. The van der Waals surface area contributed by atoms with Gasteiger partial charge >= 0.3 is 0 Å². The van der Waals surface area contributed by atoms with Crippen LogP contribution in [0.25, 0.3) is 0 Å². The molecule has 0 atom stereocenters. The molecule has 3 rings (SSSR count). The number of rotatable bonds is 4. The molecular weight excluding hydrogens is 304 g/mol. The Morgan fingerprint density at radius 3 is 2.46 bits per heavy atom. The number of carbonyl (C=O) groups is 2. The van der Waals surface area contributed by atoms with Gasteiger partial charge in [0.25, 0.3) is 0 Å². The van der Waals surface area contributed by atoms with Crippen molar-refractivity contribution in [1.29, 1.82) is 0 Å². The number of ether oxygens (including phenoxy) is 1. The number of hydrogen-bond donors (Lipinski definition) is 1. The predicted molar refractivity (Wildman–Crippen MR) is 91.8 cm³/mol. The van der Waals surface area contributed by atoms with Crippen LogP contribution < -0.4 is 10.1 Å². The van der Waals surface area contributed by atoms with Gasteiger partial charge in [-0.3, -0.25) is 14.5 Å². The third kappa shape index (κ3) is 3.78. The Balaban J connectivity index is 1.85. The quantitative estimate of drug-likeness (QED) is 0.862. The molecule has 0 unspecified atom stereocenters. The molecular formula is C19H26N2O3. The van der Waals surface area contributed by atoms with Gasteiger partial charge in [0.2, 0.25) is 11.8 Å². The molecule has 1 aromatic carbocycles. The number of hydrogen-bond acceptors (Lipinski definition) is 4. The van der Waals surface area contributed by atoms with Crippen molar-refractivity contribution in [3.63, 3.8) is 0 Å². The zero-order chi connectivity index (χ0) is 17.1. The Kier molecular flexibility index (Phi) is 5.19. The summed E-state index contributed by atoms with van der Waals surface area (Å²) in [5, 5.41) is 3.34. The predicted octanol–water partition coefficient (Wildman–Crippen LogP) is 2.47. The Morgan fingerprint density at radius 2 is 1.79 bits per heavy atom. The summed E-state index contributed by atoms with van der Waals surface area (Å²) in [7, 11) is 0. The highest BCUT2D eigenvalue weighted by molar-refractivity contribution is 5.97. The van der Waals surface area contributed by atoms with E-state index in [1.165, 1.54) is 4.90 Å². The number of piperidine rings is 2. The van der Waals surface area contributed by atoms with Crippen molar-refractivity contribution in [2.24, 2.45) is 0 Å². The van der Waals surface area contributed by atoms with Gasteiger partial charge in [0.15, 0.2) is 0 Å². The molecule has 2 fully saturated rings. The number of imide groups is 1. The normalized spacial score (nSPS) is 19.7. The third-order valence-electron chi connectivity index (χ3n) is 4.78. The molecule has 1 aromatic rings. The van der Waals surface area contributed by atoms with E-state index in [0.29, 0.717) is 25.8 Å². The van der Waals surface area contributed by atoms with Crippen LogP contribution >= 0.6 is 0 Å². The lowest BCUT2D eigenvalue weighted by Crippen LogP contribution is -2.39. The number of nitrogens with one attached hydrogen (secondary N) is 1. The van der Waals surface area contributed by atoms with E-state index >= 15 is 0 Å². The van der Waals surface area contributed by atoms with Crippen LogP contribution in [-0.2, 0) is 16.1 Å². The van der Waals surface area contributed by atoms with Crippen LogP contribution in [0.15, 0.2) is 12.1 Å². The maximum Gasteiger partial charge on any atom is 0.229 e. The van der Waals surface area contributed by atoms with Crippen molar-refractivity contribution in [2.45, 2.75) is 58.6 Å². The summed E-state index contributed by atoms with van der Waals surface area (Å²) >= 11 is 0. The summed E-state index contributed by atoms with van der Waals surface area (Å²) in [6, 6.07) is 4.14. The van der Waals surface area contributed by atoms with E-state index in [2.05, 4.69) is 11.4 Å². The van der Waals surface area contributed by atoms with Gasteiger partial charge in [0.1, 0.15) is 11.9 Å². The van der Waals surface area contributed by atoms with Gasteiger partial charge in [-0.25, -0.2) is 0 Å². The fourth-order valence-electron chi connectivity index (χ4n) is 3.55. The number of nitrogens with zero attached hydrogens (tertiary/aromatic N) is 1. The number of likely N-dealkylation sites (tertiary alicyclic amines) is 1. The van der Waals surface area contributed by atoms with Crippen LogP contribution in [0.1, 0.15) is 48.8 Å². The van der Waals surface area contributed by atoms with Crippen molar-refractivity contribution >= 4 is 11.8 Å². The molecule has 0 saturated carbocycles. The Bertz CT molecular complexity index is 620. The average Bonchev–Trinajstić information content (AvgIpc) is 2.55. The van der Waals surface area contributed by atoms with E-state index in [1.807, 2.05) is 19.9 Å². The van der Waals surface area contributed by atoms with Crippen LogP contribution in [0.5, 0.6) is 5.75 Å². The lowest BCUT2D eigenvalue weighted by atomic mass is 10.0. The molecule has 24 heavy (non-hydrogen) atoms. The second-order valence-electron chi connectivity index (χ2n) is 6.86. The monoisotopic (exact) mass is 330 g/mol. The first-order valence-corrected chi connectivity index (χ1v) is 8.85. The maximum absolute atomic E-state index is 12.1. The molecule has 5 nitrogen and oxygen atoms in total. The van der Waals surface area contributed by atoms with Crippen LogP contribution in [0, 0.1) is 13.8 Å². The van der Waals surface area contributed by atoms with Crippen LogP contribution in [0.3, 0.4) is 0 Å². The highest BCUT2D eigenvalue weighted by atomic mass is 16.5. The molecule has 2 amide bonds. The first-order chi connectivity index (χ1) is 11.5. The van der Waals surface area contributed by atoms with Gasteiger partial charge in [-0.05, 0) is 51.8 Å². The minimum atomic E-state index is -0.0711. The van der Waals surface area contributed by atoms with Gasteiger partial charge in [0, 0.05) is 18.4 Å². The van der Waals surface area contributed by atoms with Crippen molar-refractivity contribution < 1.29 is 14.3 Å². The van der Waals surface area contributed by atoms with Crippen molar-refractivity contribution in [3.05, 3.63) is 28.8 Å². The van der Waals surface area contributed by atoms with Crippen LogP contribution in [-0.4, -0.2) is 35.9 Å². The number of amides is 2. The first kappa shape index (κ1) is 17.0. The smallest absolute Gasteiger partial charge is 0.229 e. The molecule has 2 heterocycles. The van der Waals surface area contributed by atoms with Crippen molar-refractivity contribution in [1.82, 2.24) is 10.2 Å². The topological polar surface area (TPSA) is 58.6 Å². The number of benzene rings is 1. The summed E-state index contributed by atoms with van der Waals surface area (Å²) in [6.45, 7) is 6.32. The minimum Gasteiger partial charge on any atom is -0.490 e. The molecule has 130 valence electrons. The largest absolute Gasteiger partial charge is 0.490 e. The average molecular weight is 330 g/mol. The van der Waals surface area contributed by atoms with Crippen molar-refractivity contribution in [2.75, 3.05) is 13.1 Å². The Hall–Kier alpha value is -1.88. The maximum atomic E-state index is 12.1. The highest BCUT2D eigenvalue weighted by Crippen LogP contribution is 2.30. The molecule has 0 spiro atoms. The van der Waals surface area contributed by atoms with Gasteiger partial charge in [-0.2, -0.15) is 0 Å². The minimum absolute atomic E-state index is 0.0711. The van der Waals surface area contributed by atoms with E-state index in [4.69, 9.17) is 4.74 Å². The third-order valence-corrected chi connectivity index (χ3v) is 4.78. The fraction of sp³-hybridized carbons (Fsp3) is 0.579. The number of aryl methyl sites for hydroxylation is 2. The molecule has 2 aliphatic heterocycles. The molecule has 0 bridgehead atoms. The van der Waals surface area contributed by atoms with Crippen LogP contribution in [0.2, 0.25) is 0 Å². The standard InChI is InChI=1S/C19H26N2O3/c1-13-10-14(2)19(24-16-6-8-20-9-7-16)15(11-13)12-21-17(22)4-3-5-18(21)23/h10-11,16,20H,3-9,12H2,1-2H3. The second kappa shape index (κ2) is 7.34.